The second-order valence-corrected chi connectivity index (χ2v) is 12.5. The minimum absolute atomic E-state index is 0.0620. The van der Waals surface area contributed by atoms with Gasteiger partial charge in [-0.25, -0.2) is 13.8 Å². The highest BCUT2D eigenvalue weighted by Gasteiger charge is 2.31. The number of nitrogens with zero attached hydrogens (tertiary/aromatic N) is 2. The van der Waals surface area contributed by atoms with Crippen LogP contribution in [0.25, 0.3) is 0 Å². The Kier molecular flexibility index (Phi) is 12.2. The Hall–Kier alpha value is -4.85. The molecule has 48 heavy (non-hydrogen) atoms. The molecule has 0 saturated heterocycles. The minimum Gasteiger partial charge on any atom is -0.497 e. The van der Waals surface area contributed by atoms with E-state index in [4.69, 9.17) is 51.6 Å². The predicted molar refractivity (Wildman–Crippen MR) is 183 cm³/mol. The van der Waals surface area contributed by atoms with E-state index in [0.717, 1.165) is 9.87 Å². The van der Waals surface area contributed by atoms with Crippen LogP contribution in [0.3, 0.4) is 0 Å². The summed E-state index contributed by atoms with van der Waals surface area (Å²) in [5.74, 6) is 1.19. The highest BCUT2D eigenvalue weighted by Crippen LogP contribution is 2.37. The fourth-order valence-electron chi connectivity index (χ4n) is 4.41. The molecular weight excluding hydrogens is 685 g/mol. The second-order valence-electron chi connectivity index (χ2n) is 9.81. The molecule has 4 aromatic rings. The quantitative estimate of drug-likeness (QED) is 0.117. The summed E-state index contributed by atoms with van der Waals surface area (Å²) >= 11 is 12.1. The number of halogens is 2. The van der Waals surface area contributed by atoms with Gasteiger partial charge in [-0.1, -0.05) is 29.3 Å². The SMILES string of the molecule is COc1ccc(OC)c(N(CC(=O)N/N=C\c2ccc(OCc3ccc(Cl)c(Cl)c3)c(OC)c2)S(=O)(=O)c2ccc(OC)c(OC)c2)c1. The van der Waals surface area contributed by atoms with Gasteiger partial charge in [0.05, 0.1) is 62.4 Å². The van der Waals surface area contributed by atoms with Crippen molar-refractivity contribution in [3.63, 3.8) is 0 Å². The molecule has 0 aliphatic rings. The molecular formula is C33H33Cl2N3O9S. The summed E-state index contributed by atoms with van der Waals surface area (Å²) in [6, 6.07) is 18.9. The van der Waals surface area contributed by atoms with Crippen LogP contribution in [0.15, 0.2) is 82.8 Å². The van der Waals surface area contributed by atoms with Crippen LogP contribution in [0.2, 0.25) is 10.0 Å². The average molecular weight is 719 g/mol. The third-order valence-corrected chi connectivity index (χ3v) is 9.35. The van der Waals surface area contributed by atoms with E-state index in [1.54, 1.807) is 42.5 Å². The number of sulfonamides is 1. The van der Waals surface area contributed by atoms with Crippen LogP contribution >= 0.6 is 23.2 Å². The lowest BCUT2D eigenvalue weighted by Crippen LogP contribution is -2.39. The first-order valence-corrected chi connectivity index (χ1v) is 16.3. The number of carbonyl (C=O) groups is 1. The molecule has 0 spiro atoms. The molecule has 15 heteroatoms. The molecule has 0 heterocycles. The summed E-state index contributed by atoms with van der Waals surface area (Å²) in [4.78, 5) is 13.0. The number of hydrogen-bond acceptors (Lipinski definition) is 10. The van der Waals surface area contributed by atoms with Crippen LogP contribution in [0.5, 0.6) is 34.5 Å². The molecule has 0 atom stereocenters. The highest BCUT2D eigenvalue weighted by molar-refractivity contribution is 7.92. The van der Waals surface area contributed by atoms with E-state index in [1.807, 2.05) is 0 Å². The fraction of sp³-hybridized carbons (Fsp3) is 0.212. The topological polar surface area (TPSA) is 134 Å². The molecule has 0 aliphatic heterocycles. The maximum Gasteiger partial charge on any atom is 0.265 e. The van der Waals surface area contributed by atoms with Crippen molar-refractivity contribution < 1.29 is 41.6 Å². The van der Waals surface area contributed by atoms with Crippen molar-refractivity contribution in [2.75, 3.05) is 46.4 Å². The van der Waals surface area contributed by atoms with E-state index in [2.05, 4.69) is 10.5 Å². The Balaban J connectivity index is 1.55. The van der Waals surface area contributed by atoms with Crippen LogP contribution in [0, 0.1) is 0 Å². The lowest BCUT2D eigenvalue weighted by Gasteiger charge is -2.26. The van der Waals surface area contributed by atoms with Gasteiger partial charge in [0.25, 0.3) is 15.9 Å². The van der Waals surface area contributed by atoms with Gasteiger partial charge in [-0.3, -0.25) is 9.10 Å². The summed E-state index contributed by atoms with van der Waals surface area (Å²) in [5, 5.41) is 4.89. The molecule has 4 rings (SSSR count). The number of ether oxygens (including phenoxy) is 6. The minimum atomic E-state index is -4.38. The van der Waals surface area contributed by atoms with Crippen molar-refractivity contribution in [2.24, 2.45) is 5.10 Å². The first-order chi connectivity index (χ1) is 23.0. The zero-order chi connectivity index (χ0) is 34.8. The van der Waals surface area contributed by atoms with E-state index in [0.29, 0.717) is 38.6 Å². The first kappa shape index (κ1) is 36.0. The van der Waals surface area contributed by atoms with Gasteiger partial charge in [0.1, 0.15) is 24.7 Å². The highest BCUT2D eigenvalue weighted by atomic mass is 35.5. The number of anilines is 1. The summed E-state index contributed by atoms with van der Waals surface area (Å²) in [5.41, 5.74) is 3.83. The van der Waals surface area contributed by atoms with Gasteiger partial charge in [-0.2, -0.15) is 5.10 Å². The Morgan fingerprint density at radius 1 is 0.750 bits per heavy atom. The molecule has 0 bridgehead atoms. The van der Waals surface area contributed by atoms with Crippen LogP contribution in [-0.2, 0) is 21.4 Å². The van der Waals surface area contributed by atoms with Crippen molar-refractivity contribution in [1.82, 2.24) is 5.43 Å². The Bertz CT molecular complexity index is 1910. The predicted octanol–water partition coefficient (Wildman–Crippen LogP) is 5.96. The van der Waals surface area contributed by atoms with Crippen molar-refractivity contribution in [1.29, 1.82) is 0 Å². The third-order valence-electron chi connectivity index (χ3n) is 6.85. The van der Waals surface area contributed by atoms with Gasteiger partial charge >= 0.3 is 0 Å². The monoisotopic (exact) mass is 717 g/mol. The molecule has 1 N–H and O–H groups in total. The number of rotatable bonds is 15. The molecule has 0 fully saturated rings. The summed E-state index contributed by atoms with van der Waals surface area (Å²) in [6.07, 6.45) is 1.38. The molecule has 0 saturated carbocycles. The molecule has 12 nitrogen and oxygen atoms in total. The number of benzene rings is 4. The number of nitrogens with one attached hydrogen (secondary N) is 1. The molecule has 0 radical (unpaired) electrons. The number of amides is 1. The van der Waals surface area contributed by atoms with E-state index >= 15 is 0 Å². The van der Waals surface area contributed by atoms with Crippen molar-refractivity contribution in [3.8, 4) is 34.5 Å². The first-order valence-electron chi connectivity index (χ1n) is 14.1. The van der Waals surface area contributed by atoms with E-state index in [-0.39, 0.29) is 28.7 Å². The lowest BCUT2D eigenvalue weighted by molar-refractivity contribution is -0.119. The fourth-order valence-corrected chi connectivity index (χ4v) is 6.17. The van der Waals surface area contributed by atoms with Gasteiger partial charge in [-0.15, -0.1) is 0 Å². The van der Waals surface area contributed by atoms with Crippen LogP contribution < -0.4 is 38.2 Å². The number of methoxy groups -OCH3 is 5. The Labute approximate surface area is 288 Å². The lowest BCUT2D eigenvalue weighted by atomic mass is 10.2. The van der Waals surface area contributed by atoms with Gasteiger partial charge in [0.15, 0.2) is 23.0 Å². The number of hydrogen-bond donors (Lipinski definition) is 1. The summed E-state index contributed by atoms with van der Waals surface area (Å²) in [7, 11) is 2.75. The average Bonchev–Trinajstić information content (AvgIpc) is 3.10. The maximum absolute atomic E-state index is 14.1. The molecule has 1 amide bonds. The normalized spacial score (nSPS) is 11.1. The van der Waals surface area contributed by atoms with Crippen molar-refractivity contribution >= 4 is 51.0 Å². The second kappa shape index (κ2) is 16.3. The molecule has 4 aromatic carbocycles. The smallest absolute Gasteiger partial charge is 0.265 e. The standard InChI is InChI=1S/C33H33Cl2N3O9S/c1-42-23-8-12-28(43-2)27(16-23)38(48(40,41)24-9-13-29(44-3)32(17-24)46-5)19-33(39)37-36-18-21-7-11-30(31(15-21)45-4)47-20-22-6-10-25(34)26(35)14-22/h6-18H,19-20H2,1-5H3,(H,37,39)/b36-18-. The van der Waals surface area contributed by atoms with Gasteiger partial charge in [0.2, 0.25) is 0 Å². The van der Waals surface area contributed by atoms with Gasteiger partial charge in [0, 0.05) is 12.1 Å². The third kappa shape index (κ3) is 8.54. The van der Waals surface area contributed by atoms with E-state index in [9.17, 15) is 13.2 Å². The van der Waals surface area contributed by atoms with Crippen LogP contribution in [0.1, 0.15) is 11.1 Å². The van der Waals surface area contributed by atoms with Gasteiger partial charge in [-0.05, 0) is 65.7 Å². The zero-order valence-corrected chi connectivity index (χ0v) is 29.0. The maximum atomic E-state index is 14.1. The van der Waals surface area contributed by atoms with Crippen molar-refractivity contribution in [3.05, 3.63) is 94.0 Å². The largest absolute Gasteiger partial charge is 0.497 e. The van der Waals surface area contributed by atoms with Crippen molar-refractivity contribution in [2.45, 2.75) is 11.5 Å². The number of carbonyl (C=O) groups excluding carboxylic acids is 1. The van der Waals surface area contributed by atoms with Gasteiger partial charge < -0.3 is 28.4 Å². The zero-order valence-electron chi connectivity index (χ0n) is 26.7. The Morgan fingerprint density at radius 3 is 2.08 bits per heavy atom. The molecule has 0 aliphatic carbocycles. The van der Waals surface area contributed by atoms with E-state index < -0.39 is 22.5 Å². The van der Waals surface area contributed by atoms with Crippen LogP contribution in [0.4, 0.5) is 5.69 Å². The number of hydrazone groups is 1. The summed E-state index contributed by atoms with van der Waals surface area (Å²) < 4.78 is 61.7. The summed E-state index contributed by atoms with van der Waals surface area (Å²) in [6.45, 7) is -0.445. The Morgan fingerprint density at radius 2 is 1.42 bits per heavy atom. The van der Waals surface area contributed by atoms with E-state index in [1.165, 1.54) is 72.1 Å². The molecule has 0 aromatic heterocycles. The molecule has 254 valence electrons. The van der Waals surface area contributed by atoms with Crippen LogP contribution in [-0.4, -0.2) is 62.6 Å². The molecule has 0 unspecified atom stereocenters.